The van der Waals surface area contributed by atoms with Crippen molar-refractivity contribution < 1.29 is 9.59 Å². The van der Waals surface area contributed by atoms with E-state index in [1.807, 2.05) is 0 Å². The predicted octanol–water partition coefficient (Wildman–Crippen LogP) is 4.26. The van der Waals surface area contributed by atoms with Crippen LogP contribution < -0.4 is 11.1 Å². The molecule has 0 radical (unpaired) electrons. The van der Waals surface area contributed by atoms with E-state index in [1.165, 1.54) is 63.9 Å². The molecule has 2 amide bonds. The van der Waals surface area contributed by atoms with Crippen molar-refractivity contribution in [2.24, 2.45) is 5.73 Å². The first kappa shape index (κ1) is 23.7. The molecule has 134 valence electrons. The van der Waals surface area contributed by atoms with Crippen molar-refractivity contribution in [3.8, 4) is 0 Å². The van der Waals surface area contributed by atoms with Crippen molar-refractivity contribution in [2.75, 3.05) is 6.54 Å². The van der Waals surface area contributed by atoms with Crippen LogP contribution in [0.2, 0.25) is 0 Å². The Kier molecular flexibility index (Phi) is 19.0. The lowest BCUT2D eigenvalue weighted by atomic mass is 10.1. The van der Waals surface area contributed by atoms with Crippen LogP contribution in [0.15, 0.2) is 24.8 Å². The van der Waals surface area contributed by atoms with E-state index in [9.17, 15) is 9.59 Å². The van der Waals surface area contributed by atoms with Gasteiger partial charge in [0, 0.05) is 12.1 Å². The van der Waals surface area contributed by atoms with Gasteiger partial charge in [0.25, 0.3) is 0 Å². The summed E-state index contributed by atoms with van der Waals surface area (Å²) in [5.41, 5.74) is 5.09. The molecule has 0 heterocycles. The molecule has 23 heavy (non-hydrogen) atoms. The van der Waals surface area contributed by atoms with Crippen LogP contribution in [0.5, 0.6) is 0 Å². The topological polar surface area (TPSA) is 72.2 Å². The number of carbonyl (C=O) groups is 2. The van der Waals surface area contributed by atoms with Crippen molar-refractivity contribution in [3.63, 3.8) is 0 Å². The van der Waals surface area contributed by atoms with E-state index in [0.717, 1.165) is 13.0 Å². The van der Waals surface area contributed by atoms with E-state index >= 15 is 0 Å². The van der Waals surface area contributed by atoms with E-state index in [1.54, 1.807) is 6.92 Å². The summed E-state index contributed by atoms with van der Waals surface area (Å²) in [6, 6.07) is 0. The van der Waals surface area contributed by atoms with Gasteiger partial charge in [0.2, 0.25) is 11.8 Å². The molecule has 3 N–H and O–H groups in total. The van der Waals surface area contributed by atoms with Gasteiger partial charge in [-0.1, -0.05) is 77.9 Å². The summed E-state index contributed by atoms with van der Waals surface area (Å²) < 4.78 is 0. The lowest BCUT2D eigenvalue weighted by Gasteiger charge is -2.03. The average Bonchev–Trinajstić information content (AvgIpc) is 2.52. The molecule has 0 aromatic carbocycles. The van der Waals surface area contributed by atoms with Crippen LogP contribution in [-0.2, 0) is 9.59 Å². The van der Waals surface area contributed by atoms with Crippen LogP contribution in [0.3, 0.4) is 0 Å². The highest BCUT2D eigenvalue weighted by molar-refractivity contribution is 5.90. The highest BCUT2D eigenvalue weighted by Gasteiger charge is 1.94. The van der Waals surface area contributed by atoms with Gasteiger partial charge in [-0.15, -0.1) is 0 Å². The van der Waals surface area contributed by atoms with E-state index in [2.05, 4.69) is 25.4 Å². The molecular weight excluding hydrogens is 288 g/mol. The Bertz CT molecular complexity index is 326. The highest BCUT2D eigenvalue weighted by atomic mass is 16.1. The second kappa shape index (κ2) is 18.5. The maximum atomic E-state index is 10.8. The number of rotatable bonds is 13. The van der Waals surface area contributed by atoms with Gasteiger partial charge in [-0.3, -0.25) is 9.59 Å². The monoisotopic (exact) mass is 324 g/mol. The van der Waals surface area contributed by atoms with Crippen molar-refractivity contribution in [3.05, 3.63) is 24.8 Å². The maximum absolute atomic E-state index is 10.8. The third-order valence-electron chi connectivity index (χ3n) is 3.44. The lowest BCUT2D eigenvalue weighted by Crippen LogP contribution is -2.21. The molecule has 0 spiro atoms. The van der Waals surface area contributed by atoms with Crippen LogP contribution in [0, 0.1) is 0 Å². The maximum Gasteiger partial charge on any atom is 0.243 e. The molecule has 0 unspecified atom stereocenters. The van der Waals surface area contributed by atoms with Gasteiger partial charge in [0.1, 0.15) is 0 Å². The van der Waals surface area contributed by atoms with E-state index in [0.29, 0.717) is 5.57 Å². The molecule has 4 nitrogen and oxygen atoms in total. The zero-order chi connectivity index (χ0) is 17.9. The summed E-state index contributed by atoms with van der Waals surface area (Å²) in [5.74, 6) is -0.490. The first-order valence-corrected chi connectivity index (χ1v) is 8.81. The van der Waals surface area contributed by atoms with Gasteiger partial charge in [-0.25, -0.2) is 0 Å². The number of primary amides is 1. The zero-order valence-corrected chi connectivity index (χ0v) is 15.2. The Balaban J connectivity index is 0. The summed E-state index contributed by atoms with van der Waals surface area (Å²) in [4.78, 5) is 20.7. The normalized spacial score (nSPS) is 9.48. The molecule has 0 saturated carbocycles. The number of nitrogens with two attached hydrogens (primary N) is 1. The second-order valence-corrected chi connectivity index (χ2v) is 5.82. The summed E-state index contributed by atoms with van der Waals surface area (Å²) >= 11 is 0. The van der Waals surface area contributed by atoms with Gasteiger partial charge >= 0.3 is 0 Å². The second-order valence-electron chi connectivity index (χ2n) is 5.82. The van der Waals surface area contributed by atoms with Crippen LogP contribution in [0.4, 0.5) is 0 Å². The predicted molar refractivity (Wildman–Crippen MR) is 99.1 cm³/mol. The van der Waals surface area contributed by atoms with Crippen LogP contribution in [0.25, 0.3) is 0 Å². The van der Waals surface area contributed by atoms with Crippen molar-refractivity contribution in [2.45, 2.75) is 78.1 Å². The smallest absolute Gasteiger partial charge is 0.243 e. The van der Waals surface area contributed by atoms with Crippen LogP contribution >= 0.6 is 0 Å². The lowest BCUT2D eigenvalue weighted by molar-refractivity contribution is -0.116. The SMILES string of the molecule is C=C(C)C(N)=O.C=CC(=O)NCCCCCCCCCCCC. The summed E-state index contributed by atoms with van der Waals surface area (Å²) in [6.45, 7) is 11.3. The third kappa shape index (κ3) is 22.8. The minimum absolute atomic E-state index is 0.0547. The summed E-state index contributed by atoms with van der Waals surface area (Å²) in [5, 5.41) is 2.80. The van der Waals surface area contributed by atoms with Gasteiger partial charge in [-0.05, 0) is 19.4 Å². The molecule has 0 aromatic heterocycles. The van der Waals surface area contributed by atoms with Crippen molar-refractivity contribution >= 4 is 11.8 Å². The molecule has 0 bridgehead atoms. The molecule has 0 aliphatic rings. The fourth-order valence-corrected chi connectivity index (χ4v) is 1.90. The molecule has 0 fully saturated rings. The molecule has 0 saturated heterocycles. The Morgan fingerprint density at radius 3 is 1.70 bits per heavy atom. The minimum atomic E-state index is -0.435. The average molecular weight is 325 g/mol. The quantitative estimate of drug-likeness (QED) is 0.392. The highest BCUT2D eigenvalue weighted by Crippen LogP contribution is 2.10. The minimum Gasteiger partial charge on any atom is -0.366 e. The Morgan fingerprint density at radius 2 is 1.35 bits per heavy atom. The Labute approximate surface area is 142 Å². The van der Waals surface area contributed by atoms with Crippen molar-refractivity contribution in [1.29, 1.82) is 0 Å². The van der Waals surface area contributed by atoms with E-state index in [-0.39, 0.29) is 5.91 Å². The number of unbranched alkanes of at least 4 members (excludes halogenated alkanes) is 9. The zero-order valence-electron chi connectivity index (χ0n) is 15.2. The fourth-order valence-electron chi connectivity index (χ4n) is 1.90. The van der Waals surface area contributed by atoms with Gasteiger partial charge in [0.05, 0.1) is 0 Å². The van der Waals surface area contributed by atoms with Gasteiger partial charge in [0.15, 0.2) is 0 Å². The first-order chi connectivity index (χ1) is 11.0. The Morgan fingerprint density at radius 1 is 0.957 bits per heavy atom. The number of hydrogen-bond donors (Lipinski definition) is 2. The number of nitrogens with one attached hydrogen (secondary N) is 1. The molecule has 0 aliphatic carbocycles. The van der Waals surface area contributed by atoms with Crippen LogP contribution in [0.1, 0.15) is 78.1 Å². The molecule has 0 atom stereocenters. The standard InChI is InChI=1S/C15H29NO.C4H7NO/c1-3-5-6-7-8-9-10-11-12-13-14-16-15(17)4-2;1-3(2)4(5)6/h4H,2-3,5-14H2,1H3,(H,16,17);1H2,2H3,(H2,5,6). The first-order valence-electron chi connectivity index (χ1n) is 8.81. The third-order valence-corrected chi connectivity index (χ3v) is 3.44. The summed E-state index contributed by atoms with van der Waals surface area (Å²) in [6.07, 6.45) is 14.6. The largest absolute Gasteiger partial charge is 0.366 e. The Hall–Kier alpha value is -1.58. The molecule has 4 heteroatoms. The molecule has 0 rings (SSSR count). The number of carbonyl (C=O) groups excluding carboxylic acids is 2. The fraction of sp³-hybridized carbons (Fsp3) is 0.684. The molecule has 0 aromatic rings. The number of amides is 2. The van der Waals surface area contributed by atoms with Gasteiger partial charge < -0.3 is 11.1 Å². The van der Waals surface area contributed by atoms with Gasteiger partial charge in [-0.2, -0.15) is 0 Å². The summed E-state index contributed by atoms with van der Waals surface area (Å²) in [7, 11) is 0. The van der Waals surface area contributed by atoms with Crippen molar-refractivity contribution in [1.82, 2.24) is 5.32 Å². The molecule has 0 aliphatic heterocycles. The van der Waals surface area contributed by atoms with E-state index in [4.69, 9.17) is 5.73 Å². The number of hydrogen-bond acceptors (Lipinski definition) is 2. The molecular formula is C19H36N2O2. The van der Waals surface area contributed by atoms with E-state index < -0.39 is 5.91 Å². The van der Waals surface area contributed by atoms with Crippen LogP contribution in [-0.4, -0.2) is 18.4 Å².